The van der Waals surface area contributed by atoms with Gasteiger partial charge in [-0.25, -0.2) is 4.98 Å². The highest BCUT2D eigenvalue weighted by Gasteiger charge is 2.18. The Balaban J connectivity index is 2.14. The third-order valence-corrected chi connectivity index (χ3v) is 3.17. The van der Waals surface area contributed by atoms with Crippen LogP contribution < -0.4 is 4.74 Å². The third-order valence-electron chi connectivity index (χ3n) is 3.17. The number of fused-ring (bicyclic) bond motifs is 3. The van der Waals surface area contributed by atoms with Crippen LogP contribution in [0.15, 0.2) is 24.4 Å². The monoisotopic (exact) mass is 228 g/mol. The minimum Gasteiger partial charge on any atom is -0.483 e. The number of hydrogen-bond donors (Lipinski definition) is 0. The molecule has 17 heavy (non-hydrogen) atoms. The molecule has 0 N–H and O–H groups in total. The van der Waals surface area contributed by atoms with Gasteiger partial charge in [0.2, 0.25) is 0 Å². The minimum absolute atomic E-state index is 0.523. The van der Waals surface area contributed by atoms with E-state index in [1.54, 1.807) is 0 Å². The van der Waals surface area contributed by atoms with Crippen molar-refractivity contribution in [1.82, 2.24) is 9.55 Å². The van der Waals surface area contributed by atoms with E-state index >= 15 is 0 Å². The van der Waals surface area contributed by atoms with Crippen molar-refractivity contribution in [2.75, 3.05) is 0 Å². The van der Waals surface area contributed by atoms with Crippen molar-refractivity contribution in [3.05, 3.63) is 41.5 Å². The summed E-state index contributed by atoms with van der Waals surface area (Å²) >= 11 is 0. The molecular formula is C14H16N2O. The SMILES string of the molecule is Cc1cn2c(n1)COc1cc(C(C)C)ccc1-2. The molecule has 0 aliphatic carbocycles. The first kappa shape index (κ1) is 10.4. The molecule has 0 radical (unpaired) electrons. The van der Waals surface area contributed by atoms with Crippen LogP contribution in [0.1, 0.15) is 36.8 Å². The van der Waals surface area contributed by atoms with Crippen molar-refractivity contribution in [3.63, 3.8) is 0 Å². The van der Waals surface area contributed by atoms with Crippen molar-refractivity contribution < 1.29 is 4.74 Å². The van der Waals surface area contributed by atoms with Crippen LogP contribution in [-0.2, 0) is 6.61 Å². The van der Waals surface area contributed by atoms with Gasteiger partial charge < -0.3 is 4.74 Å². The van der Waals surface area contributed by atoms with Crippen molar-refractivity contribution in [3.8, 4) is 11.4 Å². The van der Waals surface area contributed by atoms with Gasteiger partial charge in [0.25, 0.3) is 0 Å². The lowest BCUT2D eigenvalue weighted by atomic mass is 10.0. The number of hydrogen-bond acceptors (Lipinski definition) is 2. The Morgan fingerprint density at radius 3 is 2.94 bits per heavy atom. The van der Waals surface area contributed by atoms with Crippen LogP contribution in [0.3, 0.4) is 0 Å². The normalized spacial score (nSPS) is 13.2. The van der Waals surface area contributed by atoms with E-state index in [0.29, 0.717) is 12.5 Å². The van der Waals surface area contributed by atoms with Gasteiger partial charge in [-0.3, -0.25) is 4.57 Å². The first-order valence-electron chi connectivity index (χ1n) is 5.97. The predicted octanol–water partition coefficient (Wildman–Crippen LogP) is 3.20. The fraction of sp³-hybridized carbons (Fsp3) is 0.357. The standard InChI is InChI=1S/C14H16N2O/c1-9(2)11-4-5-12-13(6-11)17-8-14-15-10(3)7-16(12)14/h4-7,9H,8H2,1-3H3. The molecule has 0 saturated heterocycles. The zero-order valence-electron chi connectivity index (χ0n) is 10.4. The van der Waals surface area contributed by atoms with E-state index < -0.39 is 0 Å². The Morgan fingerprint density at radius 1 is 1.35 bits per heavy atom. The summed E-state index contributed by atoms with van der Waals surface area (Å²) < 4.78 is 7.89. The van der Waals surface area contributed by atoms with Gasteiger partial charge in [0.15, 0.2) is 5.82 Å². The summed E-state index contributed by atoms with van der Waals surface area (Å²) in [7, 11) is 0. The zero-order valence-corrected chi connectivity index (χ0v) is 10.4. The predicted molar refractivity (Wildman–Crippen MR) is 66.7 cm³/mol. The fourth-order valence-electron chi connectivity index (χ4n) is 2.20. The van der Waals surface area contributed by atoms with Crippen LogP contribution in [0, 0.1) is 6.92 Å². The van der Waals surface area contributed by atoms with Crippen molar-refractivity contribution in [2.24, 2.45) is 0 Å². The average molecular weight is 228 g/mol. The molecule has 1 aromatic heterocycles. The summed E-state index contributed by atoms with van der Waals surface area (Å²) in [5.41, 5.74) is 3.43. The molecule has 3 nitrogen and oxygen atoms in total. The Labute approximate surface area is 101 Å². The van der Waals surface area contributed by atoms with E-state index in [1.807, 2.05) is 6.92 Å². The van der Waals surface area contributed by atoms with E-state index in [4.69, 9.17) is 4.74 Å². The van der Waals surface area contributed by atoms with Gasteiger partial charge in [-0.1, -0.05) is 19.9 Å². The van der Waals surface area contributed by atoms with Crippen LogP contribution in [0.4, 0.5) is 0 Å². The number of imidazole rings is 1. The number of aromatic nitrogens is 2. The molecule has 0 fully saturated rings. The second-order valence-electron chi connectivity index (χ2n) is 4.84. The number of rotatable bonds is 1. The highest BCUT2D eigenvalue weighted by atomic mass is 16.5. The number of ether oxygens (including phenoxy) is 1. The minimum atomic E-state index is 0.523. The van der Waals surface area contributed by atoms with Crippen molar-refractivity contribution in [1.29, 1.82) is 0 Å². The molecule has 0 atom stereocenters. The summed E-state index contributed by atoms with van der Waals surface area (Å²) in [6.45, 7) is 6.95. The molecule has 1 aliphatic heterocycles. The first-order valence-corrected chi connectivity index (χ1v) is 5.97. The van der Waals surface area contributed by atoms with Gasteiger partial charge in [0.1, 0.15) is 12.4 Å². The molecular weight excluding hydrogens is 212 g/mol. The van der Waals surface area contributed by atoms with Crippen molar-refractivity contribution in [2.45, 2.75) is 33.3 Å². The molecule has 0 unspecified atom stereocenters. The summed E-state index contributed by atoms with van der Waals surface area (Å²) in [6.07, 6.45) is 2.06. The summed E-state index contributed by atoms with van der Waals surface area (Å²) in [5, 5.41) is 0. The molecule has 88 valence electrons. The van der Waals surface area contributed by atoms with E-state index in [1.165, 1.54) is 5.56 Å². The largest absolute Gasteiger partial charge is 0.483 e. The van der Waals surface area contributed by atoms with E-state index in [9.17, 15) is 0 Å². The summed E-state index contributed by atoms with van der Waals surface area (Å²) in [4.78, 5) is 4.45. The third kappa shape index (κ3) is 1.62. The fourth-order valence-corrected chi connectivity index (χ4v) is 2.20. The quantitative estimate of drug-likeness (QED) is 0.749. The first-order chi connectivity index (χ1) is 8.15. The molecule has 2 heterocycles. The van der Waals surface area contributed by atoms with Gasteiger partial charge in [-0.05, 0) is 30.5 Å². The number of aryl methyl sites for hydroxylation is 1. The van der Waals surface area contributed by atoms with Crippen LogP contribution in [0.2, 0.25) is 0 Å². The van der Waals surface area contributed by atoms with Gasteiger partial charge in [0, 0.05) is 6.20 Å². The Morgan fingerprint density at radius 2 is 2.18 bits per heavy atom. The molecule has 0 spiro atoms. The van der Waals surface area contributed by atoms with Crippen molar-refractivity contribution >= 4 is 0 Å². The average Bonchev–Trinajstić information content (AvgIpc) is 2.69. The topological polar surface area (TPSA) is 27.1 Å². The second kappa shape index (κ2) is 3.62. The van der Waals surface area contributed by atoms with Gasteiger partial charge in [-0.15, -0.1) is 0 Å². The molecule has 0 bridgehead atoms. The molecule has 3 heteroatoms. The molecule has 3 rings (SSSR count). The molecule has 0 amide bonds. The summed E-state index contributed by atoms with van der Waals surface area (Å²) in [5.74, 6) is 2.46. The number of nitrogens with zero attached hydrogens (tertiary/aromatic N) is 2. The van der Waals surface area contributed by atoms with Gasteiger partial charge in [-0.2, -0.15) is 0 Å². The Hall–Kier alpha value is -1.77. The maximum atomic E-state index is 5.77. The maximum Gasteiger partial charge on any atom is 0.151 e. The smallest absolute Gasteiger partial charge is 0.151 e. The Bertz CT molecular complexity index is 570. The van der Waals surface area contributed by atoms with Crippen LogP contribution in [-0.4, -0.2) is 9.55 Å². The number of benzene rings is 1. The molecule has 1 aliphatic rings. The van der Waals surface area contributed by atoms with Gasteiger partial charge >= 0.3 is 0 Å². The van der Waals surface area contributed by atoms with Gasteiger partial charge in [0.05, 0.1) is 11.4 Å². The lowest BCUT2D eigenvalue weighted by molar-refractivity contribution is 0.279. The Kier molecular flexibility index (Phi) is 2.21. The lowest BCUT2D eigenvalue weighted by Crippen LogP contribution is -2.12. The second-order valence-corrected chi connectivity index (χ2v) is 4.84. The zero-order chi connectivity index (χ0) is 12.0. The molecule has 2 aromatic rings. The highest BCUT2D eigenvalue weighted by Crippen LogP contribution is 2.32. The van der Waals surface area contributed by atoms with Crippen LogP contribution in [0.25, 0.3) is 5.69 Å². The molecule has 0 saturated carbocycles. The van der Waals surface area contributed by atoms with Crippen LogP contribution >= 0.6 is 0 Å². The van der Waals surface area contributed by atoms with E-state index in [0.717, 1.165) is 23.0 Å². The van der Waals surface area contributed by atoms with E-state index in [2.05, 4.69) is 47.8 Å². The summed E-state index contributed by atoms with van der Waals surface area (Å²) in [6, 6.07) is 6.42. The van der Waals surface area contributed by atoms with Crippen LogP contribution in [0.5, 0.6) is 5.75 Å². The maximum absolute atomic E-state index is 5.77. The molecule has 1 aromatic carbocycles. The highest BCUT2D eigenvalue weighted by molar-refractivity contribution is 5.51. The van der Waals surface area contributed by atoms with E-state index in [-0.39, 0.29) is 0 Å². The lowest BCUT2D eigenvalue weighted by Gasteiger charge is -2.20.